The first-order chi connectivity index (χ1) is 70.6. The maximum absolute atomic E-state index is 14.9. The number of likely N-dealkylation sites (tertiary alicyclic amines) is 1. The van der Waals surface area contributed by atoms with Gasteiger partial charge in [-0.1, -0.05) is 107 Å². The van der Waals surface area contributed by atoms with Gasteiger partial charge in [0.25, 0.3) is 0 Å². The van der Waals surface area contributed by atoms with E-state index in [0.29, 0.717) is 28.5 Å². The second-order valence-corrected chi connectivity index (χ2v) is 37.3. The van der Waals surface area contributed by atoms with Crippen molar-refractivity contribution in [3.8, 4) is 5.75 Å². The molecule has 18 amide bonds. The summed E-state index contributed by atoms with van der Waals surface area (Å²) in [6.07, 6.45) is -8.93. The van der Waals surface area contributed by atoms with E-state index in [0.717, 1.165) is 18.2 Å². The number of hydrogen-bond donors (Lipinski definition) is 26. The average Bonchev–Trinajstić information content (AvgIpc) is 1.68. The Bertz CT molecular complexity index is 5720. The number of carboxylic acids is 6. The van der Waals surface area contributed by atoms with Gasteiger partial charge in [0.15, 0.2) is 0 Å². The number of carbonyl (C=O) groups excluding carboxylic acids is 18. The smallest absolute Gasteiger partial charge is 0.305 e. The summed E-state index contributed by atoms with van der Waals surface area (Å²) < 4.78 is 0. The van der Waals surface area contributed by atoms with Crippen LogP contribution in [0.3, 0.4) is 0 Å². The van der Waals surface area contributed by atoms with Crippen molar-refractivity contribution < 1.29 is 151 Å². The van der Waals surface area contributed by atoms with Crippen molar-refractivity contribution in [2.24, 2.45) is 17.6 Å². The minimum atomic E-state index is -2.14. The molecule has 4 aromatic carbocycles. The van der Waals surface area contributed by atoms with Gasteiger partial charge in [-0.2, -0.15) is 0 Å². The Morgan fingerprint density at radius 3 is 1.34 bits per heavy atom. The van der Waals surface area contributed by atoms with E-state index in [4.69, 9.17) is 5.73 Å². The van der Waals surface area contributed by atoms with E-state index in [-0.39, 0.29) is 87.6 Å². The zero-order chi connectivity index (χ0) is 110. The zero-order valence-corrected chi connectivity index (χ0v) is 82.4. The molecule has 3 aliphatic heterocycles. The van der Waals surface area contributed by atoms with Crippen LogP contribution in [-0.2, 0) is 134 Å². The molecule has 1 aromatic heterocycles. The number of fused-ring (bicyclic) bond motifs is 2. The van der Waals surface area contributed by atoms with Crippen molar-refractivity contribution in [1.82, 2.24) is 95.0 Å². The Hall–Kier alpha value is -16.7. The largest absolute Gasteiger partial charge is 0.508 e. The highest BCUT2D eigenvalue weighted by Gasteiger charge is 2.43. The van der Waals surface area contributed by atoms with Crippen LogP contribution in [0.1, 0.15) is 178 Å². The number of aromatic amines is 1. The van der Waals surface area contributed by atoms with E-state index in [1.165, 1.54) is 29.2 Å². The molecular weight excluding hydrogens is 1950 g/mol. The third kappa shape index (κ3) is 38.3. The van der Waals surface area contributed by atoms with Gasteiger partial charge in [-0.05, 0) is 136 Å². The summed E-state index contributed by atoms with van der Waals surface area (Å²) in [4.78, 5) is 331. The fraction of sp³-hybridized carbons (Fsp3) is 0.490. The molecule has 149 heavy (non-hydrogen) atoms. The van der Waals surface area contributed by atoms with Crippen molar-refractivity contribution >= 4 is 159 Å². The molecule has 0 radical (unpaired) electrons. The number of aromatic hydroxyl groups is 1. The molecule has 0 spiro atoms. The molecule has 0 aliphatic carbocycles. The predicted octanol–water partition coefficient (Wildman–Crippen LogP) is -3.30. The number of H-pyrrole nitrogens is 1. The Morgan fingerprint density at radius 2 is 0.839 bits per heavy atom. The van der Waals surface area contributed by atoms with E-state index in [9.17, 15) is 151 Å². The van der Waals surface area contributed by atoms with Crippen LogP contribution in [0, 0.1) is 11.8 Å². The van der Waals surface area contributed by atoms with Crippen LogP contribution in [0.15, 0.2) is 109 Å². The predicted molar refractivity (Wildman–Crippen MR) is 524 cm³/mol. The summed E-state index contributed by atoms with van der Waals surface area (Å²) in [7, 11) is 0. The summed E-state index contributed by atoms with van der Waals surface area (Å²) in [5, 5.41) is 112. The van der Waals surface area contributed by atoms with Crippen LogP contribution in [0.25, 0.3) is 10.9 Å². The monoisotopic (exact) mass is 2080 g/mol. The van der Waals surface area contributed by atoms with Crippen LogP contribution < -0.4 is 96.1 Å². The lowest BCUT2D eigenvalue weighted by molar-refractivity contribution is -0.141. The number of hydrogen-bond acceptors (Lipinski definition) is 26. The van der Waals surface area contributed by atoms with Gasteiger partial charge < -0.3 is 142 Å². The number of phenols is 1. The maximum Gasteiger partial charge on any atom is 0.305 e. The molecule has 806 valence electrons. The van der Waals surface area contributed by atoms with Gasteiger partial charge >= 0.3 is 35.8 Å². The maximum atomic E-state index is 14.9. The fourth-order valence-corrected chi connectivity index (χ4v) is 16.9. The van der Waals surface area contributed by atoms with Crippen molar-refractivity contribution in [1.29, 1.82) is 0 Å². The number of amides is 18. The summed E-state index contributed by atoms with van der Waals surface area (Å²) in [6.45, 7) is 6.60. The first-order valence-electron chi connectivity index (χ1n) is 48.5. The fourth-order valence-electron chi connectivity index (χ4n) is 16.9. The highest BCUT2D eigenvalue weighted by molar-refractivity contribution is 6.03. The third-order valence-electron chi connectivity index (χ3n) is 24.7. The number of aromatic nitrogens is 1. The summed E-state index contributed by atoms with van der Waals surface area (Å²) in [6, 6.07) is 2.17. The lowest BCUT2D eigenvalue weighted by atomic mass is 9.92. The molecule has 16 unspecified atom stereocenters. The van der Waals surface area contributed by atoms with Gasteiger partial charge in [0.2, 0.25) is 106 Å². The van der Waals surface area contributed by atoms with Crippen molar-refractivity contribution in [3.63, 3.8) is 0 Å². The Morgan fingerprint density at radius 1 is 0.409 bits per heavy atom. The van der Waals surface area contributed by atoms with E-state index < -0.39 is 329 Å². The first-order valence-corrected chi connectivity index (χ1v) is 48.5. The number of nitrogens with one attached hydrogen (secondary N) is 18. The SMILES string of the molecule is CC(C)CC(NC(=O)C(Cc1c[nH]c2ccccc12)NC(=O)CNC(=O)C(Cc1ccc(O)cc1)NC(=O)C(C)NC(=O)C(CCC(=O)O)NC(=O)C(CCC(=O)O)NC(=O)C(CCC(=O)O)NC(=O)C(CCC(=O)O)NC(=O)C(CCC(=O)O)NC(=O)C(CC(C)C)NC(=O)C(CC1CNc2ccccc21)NC(=O)C1CCCN1C(=O)CNC(=O)C1CCC(=O)N1)C(=O)NC(CC(=O)O)C(=O)NC(Cc1ccccc1)C(N)=O. The van der Waals surface area contributed by atoms with E-state index in [1.54, 1.807) is 113 Å². The van der Waals surface area contributed by atoms with Gasteiger partial charge in [0.1, 0.15) is 96.4 Å². The number of rotatable bonds is 61. The van der Waals surface area contributed by atoms with Crippen LogP contribution in [0.2, 0.25) is 0 Å². The van der Waals surface area contributed by atoms with E-state index in [1.807, 2.05) is 0 Å². The highest BCUT2D eigenvalue weighted by Crippen LogP contribution is 2.35. The molecule has 27 N–H and O–H groups in total. The van der Waals surface area contributed by atoms with Crippen molar-refractivity contribution in [2.75, 3.05) is 31.5 Å². The quantitative estimate of drug-likeness (QED) is 0.0181. The van der Waals surface area contributed by atoms with Crippen LogP contribution in [-0.4, -0.2) is 305 Å². The standard InChI is InChI=1S/C98H128N20O31/c1-49(2)38-68(115-96(147)72(43-55-46-101-60-19-12-10-17-58(55)60)117-98(149)74-20-13-37-118(74)77(122)48-103-86(137)61-25-31-75(120)105-61)93(144)111-66(30-36-82(131)132)92(143)110-65(29-35-81(129)130)91(142)109-64(28-34-80(127)128)90(141)108-63(27-33-79(125)126)89(140)107-62(26-32-78(123)124)88(139)104-51(5)85(136)113-70(41-53-21-23-56(119)24-22-53)87(138)102-47-76(121)106-71(42-54-45-100-59-18-11-9-16-57(54)59)95(146)114-69(39-50(3)4)94(145)116-73(44-83(133)134)97(148)112-67(84(99)135)40-52-14-7-6-8-15-52/h6-12,14-19,21-24,45,49-51,55,61-74,100-101,119H,13,20,25-44,46-48H2,1-5H3,(H2,99,135)(H,102,138)(H,103,137)(H,104,139)(H,105,120)(H,106,121)(H,107,140)(H,108,141)(H,109,142)(H,110,143)(H,111,144)(H,112,148)(H,113,136)(H,114,146)(H,115,147)(H,116,145)(H,117,149)(H,123,124)(H,125,126)(H,127,128)(H,129,130)(H,131,132)(H,133,134). The number of carbonyl (C=O) groups is 24. The Balaban J connectivity index is 0.956. The minimum Gasteiger partial charge on any atom is -0.508 e. The molecule has 2 fully saturated rings. The molecule has 51 heteroatoms. The number of para-hydroxylation sites is 2. The van der Waals surface area contributed by atoms with Gasteiger partial charge in [0.05, 0.1) is 19.5 Å². The van der Waals surface area contributed by atoms with E-state index in [2.05, 4.69) is 95.4 Å². The van der Waals surface area contributed by atoms with Gasteiger partial charge in [-0.3, -0.25) is 115 Å². The van der Waals surface area contributed by atoms with Crippen LogP contribution in [0.5, 0.6) is 5.75 Å². The van der Waals surface area contributed by atoms with Gasteiger partial charge in [0, 0.05) is 99.6 Å². The van der Waals surface area contributed by atoms with Gasteiger partial charge in [-0.25, -0.2) is 0 Å². The molecule has 51 nitrogen and oxygen atoms in total. The van der Waals surface area contributed by atoms with Crippen LogP contribution >= 0.6 is 0 Å². The number of benzene rings is 4. The Kier molecular flexibility index (Phi) is 45.2. The number of phenolic OH excluding ortho intramolecular Hbond substituents is 1. The molecule has 8 rings (SSSR count). The molecule has 5 aromatic rings. The molecule has 16 atom stereocenters. The number of aliphatic carboxylic acids is 6. The molecule has 3 aliphatic rings. The van der Waals surface area contributed by atoms with Crippen molar-refractivity contribution in [2.45, 2.75) is 266 Å². The summed E-state index contributed by atoms with van der Waals surface area (Å²) in [5.74, 6) is -30.0. The Labute approximate surface area is 853 Å². The van der Waals surface area contributed by atoms with Gasteiger partial charge in [-0.15, -0.1) is 0 Å². The number of nitrogens with two attached hydrogens (primary N) is 1. The number of nitrogens with zero attached hydrogens (tertiary/aromatic N) is 1. The second kappa shape index (κ2) is 57.3. The minimum absolute atomic E-state index is 0.0857. The topological polar surface area (TPSA) is 801 Å². The molecule has 4 heterocycles. The van der Waals surface area contributed by atoms with E-state index >= 15 is 0 Å². The number of anilines is 1. The number of carboxylic acid groups (broad SMARTS) is 6. The molecule has 2 saturated heterocycles. The highest BCUT2D eigenvalue weighted by atomic mass is 16.4. The number of primary amides is 1. The lowest BCUT2D eigenvalue weighted by Crippen LogP contribution is -2.61. The normalized spacial score (nSPS) is 16.5. The van der Waals surface area contributed by atoms with Crippen LogP contribution in [0.4, 0.5) is 5.69 Å². The third-order valence-corrected chi connectivity index (χ3v) is 24.7. The summed E-state index contributed by atoms with van der Waals surface area (Å²) in [5.41, 5.74) is 9.02. The molecule has 0 saturated carbocycles. The molecular formula is C98H128N20O31. The second-order valence-electron chi connectivity index (χ2n) is 37.3. The first kappa shape index (κ1) is 118. The summed E-state index contributed by atoms with van der Waals surface area (Å²) >= 11 is 0. The molecule has 0 bridgehead atoms. The average molecular weight is 2080 g/mol. The van der Waals surface area contributed by atoms with Crippen molar-refractivity contribution in [3.05, 3.63) is 132 Å². The lowest BCUT2D eigenvalue weighted by Gasteiger charge is -2.30. The zero-order valence-electron chi connectivity index (χ0n) is 82.4.